The molecule has 0 spiro atoms. The number of aliphatic hydroxyl groups excluding tert-OH is 1. The Morgan fingerprint density at radius 1 is 1.15 bits per heavy atom. The van der Waals surface area contributed by atoms with E-state index >= 15 is 4.39 Å². The highest BCUT2D eigenvalue weighted by Gasteiger charge is 2.34. The standard InChI is InChI=1S/C26H25ClF2N4O/c1-15-20(28)14-30-26(31-15)33-12-11-18-22-21(10-9-19(27)23(22)29)32-24(18)25(33)17-7-5-16(6-8-17)4-2-3-13-34/h5-10,14,25,32,34H,2-4,11-13H2,1H3. The number of aromatic nitrogens is 3. The van der Waals surface area contributed by atoms with E-state index < -0.39 is 11.6 Å². The monoisotopic (exact) mass is 482 g/mol. The summed E-state index contributed by atoms with van der Waals surface area (Å²) in [5, 5.41) is 9.66. The average Bonchev–Trinajstić information content (AvgIpc) is 3.23. The molecule has 1 aliphatic heterocycles. The minimum Gasteiger partial charge on any atom is -0.396 e. The number of hydrogen-bond acceptors (Lipinski definition) is 4. The Hall–Kier alpha value is -3.03. The van der Waals surface area contributed by atoms with Gasteiger partial charge in [0.1, 0.15) is 0 Å². The van der Waals surface area contributed by atoms with Crippen LogP contribution in [0.25, 0.3) is 10.9 Å². The van der Waals surface area contributed by atoms with Crippen LogP contribution in [-0.2, 0) is 12.8 Å². The predicted octanol–water partition coefficient (Wildman–Crippen LogP) is 5.67. The first-order valence-corrected chi connectivity index (χ1v) is 11.8. The number of nitrogens with zero attached hydrogens (tertiary/aromatic N) is 3. The van der Waals surface area contributed by atoms with Crippen molar-refractivity contribution < 1.29 is 13.9 Å². The van der Waals surface area contributed by atoms with Crippen LogP contribution in [0.2, 0.25) is 5.02 Å². The Kier molecular flexibility index (Phi) is 6.23. The molecule has 0 radical (unpaired) electrons. The molecule has 0 saturated carbocycles. The zero-order valence-electron chi connectivity index (χ0n) is 18.8. The first kappa shape index (κ1) is 22.7. The van der Waals surface area contributed by atoms with Crippen LogP contribution in [0, 0.1) is 18.6 Å². The van der Waals surface area contributed by atoms with Gasteiger partial charge >= 0.3 is 0 Å². The predicted molar refractivity (Wildman–Crippen MR) is 129 cm³/mol. The van der Waals surface area contributed by atoms with Gasteiger partial charge in [-0.05, 0) is 61.4 Å². The number of nitrogens with one attached hydrogen (secondary N) is 1. The molecule has 3 heterocycles. The van der Waals surface area contributed by atoms with Gasteiger partial charge in [0.2, 0.25) is 5.95 Å². The van der Waals surface area contributed by atoms with E-state index in [-0.39, 0.29) is 23.4 Å². The van der Waals surface area contributed by atoms with Crippen LogP contribution in [-0.4, -0.2) is 33.2 Å². The molecule has 0 aliphatic carbocycles. The fourth-order valence-corrected chi connectivity index (χ4v) is 4.92. The van der Waals surface area contributed by atoms with E-state index in [2.05, 4.69) is 39.2 Å². The molecule has 176 valence electrons. The first-order chi connectivity index (χ1) is 16.5. The quantitative estimate of drug-likeness (QED) is 0.348. The van der Waals surface area contributed by atoms with Crippen LogP contribution in [0.1, 0.15) is 47.0 Å². The molecule has 0 saturated heterocycles. The van der Waals surface area contributed by atoms with Gasteiger partial charge in [-0.3, -0.25) is 0 Å². The van der Waals surface area contributed by atoms with Gasteiger partial charge in [0.25, 0.3) is 0 Å². The van der Waals surface area contributed by atoms with Crippen molar-refractivity contribution in [3.8, 4) is 0 Å². The Balaban J connectivity index is 1.62. The van der Waals surface area contributed by atoms with Crippen molar-refractivity contribution in [3.05, 3.63) is 87.3 Å². The van der Waals surface area contributed by atoms with Crippen molar-refractivity contribution in [3.63, 3.8) is 0 Å². The molecule has 5 nitrogen and oxygen atoms in total. The van der Waals surface area contributed by atoms with Gasteiger partial charge in [0.05, 0.1) is 23.0 Å². The maximum atomic E-state index is 15.0. The molecule has 2 aromatic carbocycles. The fraction of sp³-hybridized carbons (Fsp3) is 0.308. The highest BCUT2D eigenvalue weighted by molar-refractivity contribution is 6.31. The van der Waals surface area contributed by atoms with E-state index in [9.17, 15) is 4.39 Å². The van der Waals surface area contributed by atoms with Crippen LogP contribution in [0.15, 0.2) is 42.6 Å². The normalized spacial score (nSPS) is 15.7. The molecule has 1 atom stereocenters. The van der Waals surface area contributed by atoms with E-state index in [4.69, 9.17) is 16.7 Å². The lowest BCUT2D eigenvalue weighted by molar-refractivity contribution is 0.284. The summed E-state index contributed by atoms with van der Waals surface area (Å²) in [5.41, 5.74) is 4.90. The Labute approximate surface area is 201 Å². The topological polar surface area (TPSA) is 65.0 Å². The van der Waals surface area contributed by atoms with Gasteiger partial charge in [0, 0.05) is 29.7 Å². The number of aromatic amines is 1. The van der Waals surface area contributed by atoms with E-state index in [0.29, 0.717) is 29.8 Å². The van der Waals surface area contributed by atoms with Gasteiger partial charge in [0.15, 0.2) is 11.6 Å². The molecule has 0 amide bonds. The smallest absolute Gasteiger partial charge is 0.226 e. The maximum Gasteiger partial charge on any atom is 0.226 e. The lowest BCUT2D eigenvalue weighted by Gasteiger charge is -2.36. The van der Waals surface area contributed by atoms with Gasteiger partial charge in [-0.1, -0.05) is 35.9 Å². The van der Waals surface area contributed by atoms with Gasteiger partial charge in [-0.15, -0.1) is 0 Å². The molecular formula is C26H25ClF2N4O. The molecule has 0 fully saturated rings. The Bertz CT molecular complexity index is 1340. The number of aliphatic hydroxyl groups is 1. The van der Waals surface area contributed by atoms with Crippen LogP contribution in [0.3, 0.4) is 0 Å². The number of aryl methyl sites for hydroxylation is 2. The van der Waals surface area contributed by atoms with Crippen molar-refractivity contribution in [1.82, 2.24) is 15.0 Å². The van der Waals surface area contributed by atoms with E-state index in [1.807, 2.05) is 4.90 Å². The summed E-state index contributed by atoms with van der Waals surface area (Å²) in [4.78, 5) is 14.1. The minimum absolute atomic E-state index is 0.0954. The summed E-state index contributed by atoms with van der Waals surface area (Å²) >= 11 is 6.10. The van der Waals surface area contributed by atoms with Crippen LogP contribution >= 0.6 is 11.6 Å². The third kappa shape index (κ3) is 4.03. The molecule has 8 heteroatoms. The highest BCUT2D eigenvalue weighted by Crippen LogP contribution is 2.41. The molecule has 1 aliphatic rings. The number of halogens is 3. The van der Waals surface area contributed by atoms with Crippen molar-refractivity contribution >= 4 is 28.5 Å². The third-order valence-corrected chi connectivity index (χ3v) is 6.80. The molecule has 5 rings (SSSR count). The number of unbranched alkanes of at least 4 members (excludes halogenated alkanes) is 1. The van der Waals surface area contributed by atoms with Gasteiger partial charge in [-0.2, -0.15) is 0 Å². The molecule has 2 N–H and O–H groups in total. The maximum absolute atomic E-state index is 15.0. The second-order valence-corrected chi connectivity index (χ2v) is 9.08. The first-order valence-electron chi connectivity index (χ1n) is 11.4. The largest absolute Gasteiger partial charge is 0.396 e. The number of anilines is 1. The Morgan fingerprint density at radius 2 is 1.94 bits per heavy atom. The van der Waals surface area contributed by atoms with E-state index in [0.717, 1.165) is 36.1 Å². The van der Waals surface area contributed by atoms with Crippen LogP contribution < -0.4 is 4.90 Å². The summed E-state index contributed by atoms with van der Waals surface area (Å²) in [7, 11) is 0. The number of benzene rings is 2. The molecule has 1 unspecified atom stereocenters. The zero-order valence-corrected chi connectivity index (χ0v) is 19.5. The fourth-order valence-electron chi connectivity index (χ4n) is 4.76. The summed E-state index contributed by atoms with van der Waals surface area (Å²) in [6, 6.07) is 11.3. The number of fused-ring (bicyclic) bond motifs is 3. The van der Waals surface area contributed by atoms with E-state index in [1.54, 1.807) is 19.1 Å². The second kappa shape index (κ2) is 9.31. The lowest BCUT2D eigenvalue weighted by atomic mass is 9.91. The number of hydrogen-bond donors (Lipinski definition) is 2. The van der Waals surface area contributed by atoms with E-state index in [1.165, 1.54) is 11.8 Å². The van der Waals surface area contributed by atoms with Crippen molar-refractivity contribution in [2.24, 2.45) is 0 Å². The molecule has 4 aromatic rings. The molecule has 2 aromatic heterocycles. The summed E-state index contributed by atoms with van der Waals surface area (Å²) in [6.07, 6.45) is 4.34. The summed E-state index contributed by atoms with van der Waals surface area (Å²) in [6.45, 7) is 2.35. The van der Waals surface area contributed by atoms with Crippen LogP contribution in [0.5, 0.6) is 0 Å². The summed E-state index contributed by atoms with van der Waals surface area (Å²) < 4.78 is 28.9. The molecule has 0 bridgehead atoms. The SMILES string of the molecule is Cc1nc(N2CCc3c([nH]c4ccc(Cl)c(F)c34)C2c2ccc(CCCCO)cc2)ncc1F. The number of rotatable bonds is 6. The highest BCUT2D eigenvalue weighted by atomic mass is 35.5. The second-order valence-electron chi connectivity index (χ2n) is 8.67. The molecule has 34 heavy (non-hydrogen) atoms. The minimum atomic E-state index is -0.451. The van der Waals surface area contributed by atoms with Crippen LogP contribution in [0.4, 0.5) is 14.7 Å². The summed E-state index contributed by atoms with van der Waals surface area (Å²) in [5.74, 6) is -0.441. The van der Waals surface area contributed by atoms with Crippen molar-refractivity contribution in [2.75, 3.05) is 18.1 Å². The van der Waals surface area contributed by atoms with Gasteiger partial charge < -0.3 is 15.0 Å². The molecular weight excluding hydrogens is 458 g/mol. The number of H-pyrrole nitrogens is 1. The van der Waals surface area contributed by atoms with Crippen molar-refractivity contribution in [1.29, 1.82) is 0 Å². The lowest BCUT2D eigenvalue weighted by Crippen LogP contribution is -2.37. The third-order valence-electron chi connectivity index (χ3n) is 6.51. The van der Waals surface area contributed by atoms with Gasteiger partial charge in [-0.25, -0.2) is 18.7 Å². The van der Waals surface area contributed by atoms with Crippen molar-refractivity contribution in [2.45, 2.75) is 38.6 Å². The zero-order chi connectivity index (χ0) is 23.8. The average molecular weight is 483 g/mol. The Morgan fingerprint density at radius 3 is 2.68 bits per heavy atom.